The summed E-state index contributed by atoms with van der Waals surface area (Å²) in [4.78, 5) is 28.4. The Balaban J connectivity index is 1.13. The number of likely N-dealkylation sites (tertiary alicyclic amines) is 1. The lowest BCUT2D eigenvalue weighted by Crippen LogP contribution is -2.46. The molecule has 39 heavy (non-hydrogen) atoms. The summed E-state index contributed by atoms with van der Waals surface area (Å²) in [6.07, 6.45) is 4.56. The summed E-state index contributed by atoms with van der Waals surface area (Å²) in [5.74, 6) is -1.43. The Kier molecular flexibility index (Phi) is 8.42. The molecule has 1 saturated carbocycles. The highest BCUT2D eigenvalue weighted by Gasteiger charge is 2.28. The number of pyridine rings is 1. The van der Waals surface area contributed by atoms with E-state index in [1.165, 1.54) is 18.2 Å². The number of benzene rings is 2. The quantitative estimate of drug-likeness (QED) is 0.375. The summed E-state index contributed by atoms with van der Waals surface area (Å²) in [6.45, 7) is 2.11. The number of aliphatic hydroxyl groups is 1. The number of fused-ring (bicyclic) bond motifs is 1. The van der Waals surface area contributed by atoms with E-state index >= 15 is 0 Å². The van der Waals surface area contributed by atoms with Crippen LogP contribution in [0.3, 0.4) is 0 Å². The van der Waals surface area contributed by atoms with Crippen molar-refractivity contribution in [3.05, 3.63) is 74.0 Å². The molecule has 0 radical (unpaired) electrons. The average molecular weight is 580 g/mol. The Labute approximate surface area is 234 Å². The molecule has 1 aliphatic heterocycles. The topological polar surface area (TPSA) is 83.8 Å². The van der Waals surface area contributed by atoms with Crippen LogP contribution in [0, 0.1) is 11.6 Å². The van der Waals surface area contributed by atoms with Crippen LogP contribution in [-0.2, 0) is 0 Å². The highest BCUT2D eigenvalue weighted by Crippen LogP contribution is 2.37. The van der Waals surface area contributed by atoms with Crippen LogP contribution in [0.4, 0.5) is 8.78 Å². The monoisotopic (exact) mass is 579 g/mol. The van der Waals surface area contributed by atoms with Gasteiger partial charge in [-0.05, 0) is 56.4 Å². The third-order valence-electron chi connectivity index (χ3n) is 7.29. The largest absolute Gasteiger partial charge is 0.491 e. The van der Waals surface area contributed by atoms with Gasteiger partial charge in [0, 0.05) is 49.4 Å². The summed E-state index contributed by atoms with van der Waals surface area (Å²) in [7, 11) is 0. The van der Waals surface area contributed by atoms with Gasteiger partial charge in [0.05, 0.1) is 21.7 Å². The summed E-state index contributed by atoms with van der Waals surface area (Å²) < 4.78 is 35.0. The number of aromatic nitrogens is 1. The zero-order chi connectivity index (χ0) is 27.7. The van der Waals surface area contributed by atoms with Crippen molar-refractivity contribution in [1.82, 2.24) is 14.8 Å². The molecule has 2 fully saturated rings. The molecule has 208 valence electrons. The Hall–Kier alpha value is -2.72. The molecule has 1 saturated heterocycles. The van der Waals surface area contributed by atoms with Crippen molar-refractivity contribution < 1.29 is 23.4 Å². The van der Waals surface area contributed by atoms with Crippen molar-refractivity contribution in [3.8, 4) is 5.75 Å². The lowest BCUT2D eigenvalue weighted by Gasteiger charge is -2.32. The van der Waals surface area contributed by atoms with Crippen molar-refractivity contribution in [2.45, 2.75) is 50.3 Å². The van der Waals surface area contributed by atoms with Crippen LogP contribution < -0.4 is 15.5 Å². The second kappa shape index (κ2) is 11.8. The average Bonchev–Trinajstić information content (AvgIpc) is 3.76. The Morgan fingerprint density at radius 2 is 1.79 bits per heavy atom. The number of piperidine rings is 1. The molecule has 2 aromatic carbocycles. The van der Waals surface area contributed by atoms with E-state index in [0.29, 0.717) is 50.2 Å². The second-order valence-electron chi connectivity index (χ2n) is 10.2. The zero-order valence-electron chi connectivity index (χ0n) is 21.1. The standard InChI is InChI=1S/C28H29Cl2F2N3O4/c29-22-4-3-19(11-24(22)31)39-15-18(36)7-10-34-8-5-16(6-9-34)33-28(38)21-14-35(17-1-2-17)26-13-23(30)25(32)12-20(26)27(21)37/h3-4,11-14,16-18,36H,1-2,5-10,15H2,(H,33,38)/t18-/m0/s1. The first-order valence-electron chi connectivity index (χ1n) is 13.0. The van der Waals surface area contributed by atoms with Gasteiger partial charge in [-0.3, -0.25) is 9.59 Å². The first kappa shape index (κ1) is 27.8. The molecule has 2 N–H and O–H groups in total. The number of ether oxygens (including phenoxy) is 1. The molecule has 1 amide bonds. The van der Waals surface area contributed by atoms with Gasteiger partial charge in [-0.25, -0.2) is 8.78 Å². The van der Waals surface area contributed by atoms with E-state index in [2.05, 4.69) is 10.2 Å². The molecule has 7 nitrogen and oxygen atoms in total. The van der Waals surface area contributed by atoms with Gasteiger partial charge in [0.2, 0.25) is 5.43 Å². The van der Waals surface area contributed by atoms with Gasteiger partial charge >= 0.3 is 0 Å². The molecule has 0 spiro atoms. The Morgan fingerprint density at radius 1 is 1.08 bits per heavy atom. The molecular formula is C28H29Cl2F2N3O4. The molecule has 1 atom stereocenters. The van der Waals surface area contributed by atoms with Crippen LogP contribution in [0.2, 0.25) is 10.0 Å². The Bertz CT molecular complexity index is 1440. The summed E-state index contributed by atoms with van der Waals surface area (Å²) >= 11 is 11.6. The fourth-order valence-corrected chi connectivity index (χ4v) is 5.17. The fraction of sp³-hybridized carbons (Fsp3) is 0.429. The highest BCUT2D eigenvalue weighted by atomic mass is 35.5. The molecule has 11 heteroatoms. The van der Waals surface area contributed by atoms with E-state index in [4.69, 9.17) is 27.9 Å². The molecule has 5 rings (SSSR count). The smallest absolute Gasteiger partial charge is 0.256 e. The van der Waals surface area contributed by atoms with Crippen molar-refractivity contribution >= 4 is 40.0 Å². The van der Waals surface area contributed by atoms with E-state index < -0.39 is 29.1 Å². The number of aliphatic hydroxyl groups excluding tert-OH is 1. The van der Waals surface area contributed by atoms with Crippen molar-refractivity contribution in [2.75, 3.05) is 26.2 Å². The number of carbonyl (C=O) groups is 1. The summed E-state index contributed by atoms with van der Waals surface area (Å²) in [5.41, 5.74) is 0.0267. The van der Waals surface area contributed by atoms with Crippen molar-refractivity contribution in [2.24, 2.45) is 0 Å². The maximum atomic E-state index is 14.2. The van der Waals surface area contributed by atoms with E-state index in [1.54, 1.807) is 12.3 Å². The Morgan fingerprint density at radius 3 is 2.49 bits per heavy atom. The number of halogens is 4. The predicted octanol–water partition coefficient (Wildman–Crippen LogP) is 4.95. The minimum atomic E-state index is -0.720. The van der Waals surface area contributed by atoms with Gasteiger partial charge in [0.25, 0.3) is 5.91 Å². The lowest BCUT2D eigenvalue weighted by atomic mass is 10.0. The summed E-state index contributed by atoms with van der Waals surface area (Å²) in [5, 5.41) is 13.3. The first-order valence-corrected chi connectivity index (χ1v) is 13.8. The van der Waals surface area contributed by atoms with Crippen LogP contribution in [0.15, 0.2) is 41.3 Å². The summed E-state index contributed by atoms with van der Waals surface area (Å²) in [6, 6.07) is 6.75. The maximum Gasteiger partial charge on any atom is 0.256 e. The fourth-order valence-electron chi connectivity index (χ4n) is 4.90. The van der Waals surface area contributed by atoms with Crippen LogP contribution in [0.5, 0.6) is 5.75 Å². The minimum Gasteiger partial charge on any atom is -0.491 e. The van der Waals surface area contributed by atoms with Crippen LogP contribution in [0.25, 0.3) is 10.9 Å². The molecule has 2 heterocycles. The number of amides is 1. The molecule has 3 aromatic rings. The molecule has 0 unspecified atom stereocenters. The van der Waals surface area contributed by atoms with Gasteiger partial charge < -0.3 is 24.6 Å². The molecule has 1 aromatic heterocycles. The zero-order valence-corrected chi connectivity index (χ0v) is 22.7. The molecule has 2 aliphatic rings. The number of hydrogen-bond donors (Lipinski definition) is 2. The molecule has 0 bridgehead atoms. The van der Waals surface area contributed by atoms with Crippen LogP contribution >= 0.6 is 23.2 Å². The number of nitrogens with zero attached hydrogens (tertiary/aromatic N) is 2. The van der Waals surface area contributed by atoms with E-state index in [1.807, 2.05) is 4.57 Å². The molecule has 1 aliphatic carbocycles. The van der Waals surface area contributed by atoms with E-state index in [-0.39, 0.29) is 39.7 Å². The third-order valence-corrected chi connectivity index (χ3v) is 7.89. The van der Waals surface area contributed by atoms with Crippen LogP contribution in [-0.4, -0.2) is 58.9 Å². The van der Waals surface area contributed by atoms with Gasteiger partial charge in [-0.1, -0.05) is 23.2 Å². The lowest BCUT2D eigenvalue weighted by molar-refractivity contribution is 0.0798. The van der Waals surface area contributed by atoms with E-state index in [9.17, 15) is 23.5 Å². The second-order valence-corrected chi connectivity index (χ2v) is 11.0. The number of carbonyl (C=O) groups excluding carboxylic acids is 1. The van der Waals surface area contributed by atoms with Crippen molar-refractivity contribution in [1.29, 1.82) is 0 Å². The van der Waals surface area contributed by atoms with E-state index in [0.717, 1.165) is 18.9 Å². The van der Waals surface area contributed by atoms with Gasteiger partial charge in [-0.2, -0.15) is 0 Å². The number of rotatable bonds is 9. The number of nitrogens with one attached hydrogen (secondary N) is 1. The normalized spacial score (nSPS) is 17.4. The predicted molar refractivity (Wildman–Crippen MR) is 146 cm³/mol. The van der Waals surface area contributed by atoms with Gasteiger partial charge in [0.1, 0.15) is 29.6 Å². The SMILES string of the molecule is O=C(NC1CCN(CC[C@H](O)COc2ccc(Cl)c(F)c2)CC1)c1cn(C2CC2)c2cc(Cl)c(F)cc2c1=O. The maximum absolute atomic E-state index is 14.2. The molecular weight excluding hydrogens is 551 g/mol. The number of hydrogen-bond acceptors (Lipinski definition) is 5. The van der Waals surface area contributed by atoms with Gasteiger partial charge in [-0.15, -0.1) is 0 Å². The third kappa shape index (κ3) is 6.54. The van der Waals surface area contributed by atoms with Crippen molar-refractivity contribution in [3.63, 3.8) is 0 Å². The van der Waals surface area contributed by atoms with Gasteiger partial charge in [0.15, 0.2) is 0 Å². The highest BCUT2D eigenvalue weighted by molar-refractivity contribution is 6.31. The first-order chi connectivity index (χ1) is 18.7. The van der Waals surface area contributed by atoms with Crippen LogP contribution in [0.1, 0.15) is 48.5 Å². The minimum absolute atomic E-state index is 0.00208.